The highest BCUT2D eigenvalue weighted by Gasteiger charge is 2.12. The van der Waals surface area contributed by atoms with Crippen LogP contribution in [0.4, 0.5) is 0 Å². The lowest BCUT2D eigenvalue weighted by Crippen LogP contribution is -2.37. The molecule has 8 heteroatoms. The van der Waals surface area contributed by atoms with E-state index in [4.69, 9.17) is 9.47 Å². The van der Waals surface area contributed by atoms with E-state index in [9.17, 15) is 0 Å². The van der Waals surface area contributed by atoms with Crippen molar-refractivity contribution < 1.29 is 9.47 Å². The van der Waals surface area contributed by atoms with Crippen LogP contribution in [0.1, 0.15) is 30.2 Å². The van der Waals surface area contributed by atoms with Crippen LogP contribution in [-0.4, -0.2) is 36.0 Å². The Hall–Kier alpha value is -1.97. The predicted molar refractivity (Wildman–Crippen MR) is 112 cm³/mol. The SMILES string of the molecule is CCNC(=NCc1ccc2c(c1)OCO2)NCCCc1cn[nH]c1C.I. The molecule has 0 saturated carbocycles. The average Bonchev–Trinajstić information content (AvgIpc) is 3.24. The molecule has 0 unspecified atom stereocenters. The number of rotatable bonds is 7. The third kappa shape index (κ3) is 5.52. The number of nitrogens with zero attached hydrogens (tertiary/aromatic N) is 2. The second-order valence-corrected chi connectivity index (χ2v) is 5.93. The van der Waals surface area contributed by atoms with Crippen molar-refractivity contribution in [2.24, 2.45) is 4.99 Å². The van der Waals surface area contributed by atoms with E-state index in [0.29, 0.717) is 13.3 Å². The molecular weight excluding hydrogens is 445 g/mol. The van der Waals surface area contributed by atoms with Crippen LogP contribution in [0.2, 0.25) is 0 Å². The van der Waals surface area contributed by atoms with Gasteiger partial charge in [-0.2, -0.15) is 5.10 Å². The van der Waals surface area contributed by atoms with Gasteiger partial charge in [0.05, 0.1) is 12.7 Å². The molecular formula is C18H26IN5O2. The molecule has 1 aliphatic rings. The number of hydrogen-bond acceptors (Lipinski definition) is 4. The minimum Gasteiger partial charge on any atom is -0.454 e. The molecule has 7 nitrogen and oxygen atoms in total. The van der Waals surface area contributed by atoms with Gasteiger partial charge in [-0.15, -0.1) is 24.0 Å². The van der Waals surface area contributed by atoms with E-state index in [-0.39, 0.29) is 24.0 Å². The summed E-state index contributed by atoms with van der Waals surface area (Å²) in [4.78, 5) is 4.64. The summed E-state index contributed by atoms with van der Waals surface area (Å²) in [7, 11) is 0. The maximum atomic E-state index is 5.41. The molecule has 0 spiro atoms. The summed E-state index contributed by atoms with van der Waals surface area (Å²) >= 11 is 0. The van der Waals surface area contributed by atoms with Crippen LogP contribution in [0.15, 0.2) is 29.4 Å². The lowest BCUT2D eigenvalue weighted by molar-refractivity contribution is 0.174. The molecule has 1 aromatic carbocycles. The maximum absolute atomic E-state index is 5.41. The summed E-state index contributed by atoms with van der Waals surface area (Å²) < 4.78 is 10.7. The molecule has 0 bridgehead atoms. The highest BCUT2D eigenvalue weighted by molar-refractivity contribution is 14.0. The second-order valence-electron chi connectivity index (χ2n) is 5.93. The zero-order valence-electron chi connectivity index (χ0n) is 15.2. The second kappa shape index (κ2) is 10.2. The number of benzene rings is 1. The van der Waals surface area contributed by atoms with Gasteiger partial charge in [0.1, 0.15) is 0 Å². The standard InChI is InChI=1S/C18H25N5O2.HI/c1-3-19-18(20-8-4-5-15-11-22-23-13(15)2)21-10-14-6-7-16-17(9-14)25-12-24-16;/h6-7,9,11H,3-5,8,10,12H2,1-2H3,(H,22,23)(H2,19,20,21);1H. The smallest absolute Gasteiger partial charge is 0.231 e. The Bertz CT molecular complexity index is 732. The molecule has 1 aliphatic heterocycles. The third-order valence-electron chi connectivity index (χ3n) is 4.05. The fourth-order valence-electron chi connectivity index (χ4n) is 2.66. The van der Waals surface area contributed by atoms with Crippen LogP contribution in [0.5, 0.6) is 11.5 Å². The van der Waals surface area contributed by atoms with Gasteiger partial charge in [0.25, 0.3) is 0 Å². The van der Waals surface area contributed by atoms with Crippen molar-refractivity contribution in [2.45, 2.75) is 33.2 Å². The third-order valence-corrected chi connectivity index (χ3v) is 4.05. The first-order chi connectivity index (χ1) is 12.3. The number of hydrogen-bond donors (Lipinski definition) is 3. The molecule has 0 amide bonds. The number of guanidine groups is 1. The van der Waals surface area contributed by atoms with Gasteiger partial charge in [-0.1, -0.05) is 6.07 Å². The zero-order chi connectivity index (χ0) is 17.5. The van der Waals surface area contributed by atoms with Crippen LogP contribution >= 0.6 is 24.0 Å². The van der Waals surface area contributed by atoms with Gasteiger partial charge in [0.2, 0.25) is 6.79 Å². The quantitative estimate of drug-likeness (QED) is 0.251. The van der Waals surface area contributed by atoms with Gasteiger partial charge in [0, 0.05) is 18.8 Å². The van der Waals surface area contributed by atoms with Gasteiger partial charge < -0.3 is 20.1 Å². The van der Waals surface area contributed by atoms with Crippen molar-refractivity contribution in [1.82, 2.24) is 20.8 Å². The van der Waals surface area contributed by atoms with E-state index in [1.54, 1.807) is 0 Å². The minimum absolute atomic E-state index is 0. The summed E-state index contributed by atoms with van der Waals surface area (Å²) in [6.45, 7) is 6.68. The molecule has 2 heterocycles. The molecule has 3 N–H and O–H groups in total. The number of fused-ring (bicyclic) bond motifs is 1. The summed E-state index contributed by atoms with van der Waals surface area (Å²) in [6, 6.07) is 5.93. The van der Waals surface area contributed by atoms with Crippen LogP contribution in [0.25, 0.3) is 0 Å². The van der Waals surface area contributed by atoms with Crippen molar-refractivity contribution in [2.75, 3.05) is 19.9 Å². The Kier molecular flexibility index (Phi) is 8.02. The van der Waals surface area contributed by atoms with Crippen LogP contribution in [0, 0.1) is 6.92 Å². The van der Waals surface area contributed by atoms with Gasteiger partial charge in [-0.3, -0.25) is 5.10 Å². The van der Waals surface area contributed by atoms with E-state index < -0.39 is 0 Å². The van der Waals surface area contributed by atoms with Crippen molar-refractivity contribution >= 4 is 29.9 Å². The number of aliphatic imine (C=N–C) groups is 1. The molecule has 2 aromatic rings. The molecule has 26 heavy (non-hydrogen) atoms. The highest BCUT2D eigenvalue weighted by atomic mass is 127. The molecule has 0 saturated heterocycles. The average molecular weight is 471 g/mol. The first-order valence-corrected chi connectivity index (χ1v) is 8.66. The van der Waals surface area contributed by atoms with E-state index in [1.165, 1.54) is 5.56 Å². The number of aryl methyl sites for hydroxylation is 2. The Morgan fingerprint density at radius 2 is 2.12 bits per heavy atom. The molecule has 3 rings (SSSR count). The minimum atomic E-state index is 0. The van der Waals surface area contributed by atoms with E-state index in [0.717, 1.165) is 54.6 Å². The number of halogens is 1. The predicted octanol–water partition coefficient (Wildman–Crippen LogP) is 2.75. The summed E-state index contributed by atoms with van der Waals surface area (Å²) in [5.41, 5.74) is 3.50. The molecule has 0 atom stereocenters. The van der Waals surface area contributed by atoms with Gasteiger partial charge in [-0.05, 0) is 49.9 Å². The fourth-order valence-corrected chi connectivity index (χ4v) is 2.66. The first-order valence-electron chi connectivity index (χ1n) is 8.66. The number of aromatic nitrogens is 2. The van der Waals surface area contributed by atoms with Gasteiger partial charge in [-0.25, -0.2) is 4.99 Å². The van der Waals surface area contributed by atoms with E-state index in [2.05, 4.69) is 32.7 Å². The normalized spacial score (nSPS) is 12.6. The Morgan fingerprint density at radius 3 is 2.88 bits per heavy atom. The summed E-state index contributed by atoms with van der Waals surface area (Å²) in [5, 5.41) is 13.7. The lowest BCUT2D eigenvalue weighted by Gasteiger charge is -2.11. The van der Waals surface area contributed by atoms with Crippen molar-refractivity contribution in [3.05, 3.63) is 41.2 Å². The van der Waals surface area contributed by atoms with Gasteiger partial charge >= 0.3 is 0 Å². The topological polar surface area (TPSA) is 83.6 Å². The monoisotopic (exact) mass is 471 g/mol. The highest BCUT2D eigenvalue weighted by Crippen LogP contribution is 2.32. The molecule has 0 radical (unpaired) electrons. The molecule has 142 valence electrons. The first kappa shape index (κ1) is 20.3. The number of H-pyrrole nitrogens is 1. The van der Waals surface area contributed by atoms with Gasteiger partial charge in [0.15, 0.2) is 17.5 Å². The zero-order valence-corrected chi connectivity index (χ0v) is 17.5. The van der Waals surface area contributed by atoms with E-state index >= 15 is 0 Å². The van der Waals surface area contributed by atoms with Crippen LogP contribution in [0.3, 0.4) is 0 Å². The largest absolute Gasteiger partial charge is 0.454 e. The van der Waals surface area contributed by atoms with Crippen LogP contribution < -0.4 is 20.1 Å². The van der Waals surface area contributed by atoms with Crippen molar-refractivity contribution in [1.29, 1.82) is 0 Å². The Morgan fingerprint density at radius 1 is 1.27 bits per heavy atom. The number of ether oxygens (including phenoxy) is 2. The van der Waals surface area contributed by atoms with Crippen LogP contribution in [-0.2, 0) is 13.0 Å². The maximum Gasteiger partial charge on any atom is 0.231 e. The molecule has 0 fully saturated rings. The molecule has 1 aromatic heterocycles. The van der Waals surface area contributed by atoms with Crippen molar-refractivity contribution in [3.8, 4) is 11.5 Å². The summed E-state index contributed by atoms with van der Waals surface area (Å²) in [5.74, 6) is 2.41. The number of aromatic amines is 1. The van der Waals surface area contributed by atoms with Crippen molar-refractivity contribution in [3.63, 3.8) is 0 Å². The summed E-state index contributed by atoms with van der Waals surface area (Å²) in [6.07, 6.45) is 3.92. The Balaban J connectivity index is 0.00000243. The lowest BCUT2D eigenvalue weighted by atomic mass is 10.1. The molecule has 0 aliphatic carbocycles. The van der Waals surface area contributed by atoms with E-state index in [1.807, 2.05) is 31.3 Å². The Labute approximate surface area is 171 Å². The fraction of sp³-hybridized carbons (Fsp3) is 0.444. The number of nitrogens with one attached hydrogen (secondary N) is 3.